The molecular weight excluding hydrogens is 972 g/mol. The fourth-order valence-corrected chi connectivity index (χ4v) is 18.3. The van der Waals surface area contributed by atoms with E-state index < -0.39 is 64.3 Å². The van der Waals surface area contributed by atoms with E-state index in [0.717, 1.165) is 21.1 Å². The molecule has 5 aromatic carbocycles. The molecule has 10 heteroatoms. The van der Waals surface area contributed by atoms with Gasteiger partial charge in [-0.25, -0.2) is 0 Å². The number of esters is 4. The van der Waals surface area contributed by atoms with Gasteiger partial charge in [0.05, 0.1) is 0 Å². The molecule has 60 heavy (non-hydrogen) atoms. The average molecular weight is 1010 g/mol. The predicted octanol–water partition coefficient (Wildman–Crippen LogP) is 6.15. The van der Waals surface area contributed by atoms with Crippen molar-refractivity contribution >= 4 is 85.4 Å². The van der Waals surface area contributed by atoms with Crippen LogP contribution in [0.2, 0.25) is 0 Å². The molecule has 0 radical (unpaired) electrons. The molecule has 0 unspecified atom stereocenters. The Morgan fingerprint density at radius 3 is 0.650 bits per heavy atom. The second-order valence-corrected chi connectivity index (χ2v) is 24.9. The standard InChI is InChI=1S/4C11H9O2.C6H4.2Sb/c4*1-2-3-9-13-11(12)10-7-5-4-6-8-10;1-2-4-6-5-3-1;;/h4*2-3,5-9H,1H2;1-2,5-6H;;. The van der Waals surface area contributed by atoms with Crippen molar-refractivity contribution in [1.29, 1.82) is 0 Å². The van der Waals surface area contributed by atoms with Crippen LogP contribution in [-0.4, -0.2) is 64.3 Å². The number of carbonyl (C=O) groups is 4. The first kappa shape index (κ1) is 44.6. The van der Waals surface area contributed by atoms with Gasteiger partial charge >= 0.3 is 367 Å². The van der Waals surface area contributed by atoms with Gasteiger partial charge < -0.3 is 0 Å². The summed E-state index contributed by atoms with van der Waals surface area (Å²) in [4.78, 5) is 50.7. The van der Waals surface area contributed by atoms with Crippen LogP contribution in [-0.2, 0) is 18.9 Å². The van der Waals surface area contributed by atoms with Crippen molar-refractivity contribution in [3.05, 3.63) is 244 Å². The summed E-state index contributed by atoms with van der Waals surface area (Å²) in [5.74, 6) is -1.94. The summed E-state index contributed by atoms with van der Waals surface area (Å²) in [6.45, 7) is 14.4. The van der Waals surface area contributed by atoms with E-state index in [1.807, 2.05) is 48.5 Å². The van der Waals surface area contributed by atoms with Crippen molar-refractivity contribution in [3.8, 4) is 0 Å². The number of benzene rings is 5. The molecule has 0 fully saturated rings. The van der Waals surface area contributed by atoms with Crippen molar-refractivity contribution < 1.29 is 38.1 Å². The topological polar surface area (TPSA) is 105 Å². The van der Waals surface area contributed by atoms with Crippen LogP contribution < -0.4 is 21.1 Å². The molecule has 0 aliphatic rings. The van der Waals surface area contributed by atoms with Crippen molar-refractivity contribution in [2.75, 3.05) is 0 Å². The molecule has 0 aliphatic carbocycles. The van der Waals surface area contributed by atoms with E-state index in [0.29, 0.717) is 22.3 Å². The molecule has 0 aromatic heterocycles. The first-order valence-corrected chi connectivity index (χ1v) is 26.0. The van der Waals surface area contributed by atoms with Gasteiger partial charge in [-0.3, -0.25) is 0 Å². The van der Waals surface area contributed by atoms with Crippen molar-refractivity contribution in [1.82, 2.24) is 0 Å². The minimum absolute atomic E-state index is 0.407. The van der Waals surface area contributed by atoms with Gasteiger partial charge in [-0.15, -0.1) is 0 Å². The number of hydrogen-bond donors (Lipinski definition) is 0. The fourth-order valence-electron chi connectivity index (χ4n) is 5.53. The van der Waals surface area contributed by atoms with Crippen molar-refractivity contribution in [2.45, 2.75) is 0 Å². The summed E-state index contributed by atoms with van der Waals surface area (Å²) in [6, 6.07) is 38.5. The van der Waals surface area contributed by atoms with Crippen LogP contribution in [0, 0.1) is 0 Å². The molecule has 5 rings (SSSR count). The Balaban J connectivity index is 1.54. The van der Waals surface area contributed by atoms with E-state index in [-0.39, 0.29) is 0 Å². The van der Waals surface area contributed by atoms with Crippen molar-refractivity contribution in [3.63, 3.8) is 0 Å². The number of rotatable bonds is 18. The Kier molecular flexibility index (Phi) is 17.3. The zero-order valence-corrected chi connectivity index (χ0v) is 37.6. The van der Waals surface area contributed by atoms with Crippen LogP contribution in [0.3, 0.4) is 0 Å². The Morgan fingerprint density at radius 2 is 0.483 bits per heavy atom. The van der Waals surface area contributed by atoms with Gasteiger partial charge in [0.2, 0.25) is 0 Å². The van der Waals surface area contributed by atoms with Crippen LogP contribution in [0.15, 0.2) is 221 Å². The van der Waals surface area contributed by atoms with Gasteiger partial charge in [-0.05, 0) is 0 Å². The third-order valence-corrected chi connectivity index (χ3v) is 22.3. The molecular formula is C50H40O8Sb2. The van der Waals surface area contributed by atoms with Crippen molar-refractivity contribution in [2.24, 2.45) is 0 Å². The Hall–Kier alpha value is -6.46. The third-order valence-electron chi connectivity index (χ3n) is 8.37. The molecule has 0 saturated carbocycles. The summed E-state index contributed by atoms with van der Waals surface area (Å²) in [7, 11) is 0. The normalized spacial score (nSPS) is 11.2. The van der Waals surface area contributed by atoms with Gasteiger partial charge in [-0.2, -0.15) is 0 Å². The number of ether oxygens (including phenoxy) is 4. The number of allylic oxidation sites excluding steroid dienone is 8. The maximum atomic E-state index is 12.7. The molecule has 0 atom stereocenters. The van der Waals surface area contributed by atoms with Crippen LogP contribution in [0.4, 0.5) is 0 Å². The summed E-state index contributed by atoms with van der Waals surface area (Å²) >= 11 is -5.60. The van der Waals surface area contributed by atoms with Gasteiger partial charge in [0.1, 0.15) is 0 Å². The molecule has 5 aromatic rings. The van der Waals surface area contributed by atoms with E-state index in [1.54, 1.807) is 48.5 Å². The Bertz CT molecular complexity index is 2120. The van der Waals surface area contributed by atoms with E-state index >= 15 is 0 Å². The number of hydrogen-bond acceptors (Lipinski definition) is 8. The second-order valence-electron chi connectivity index (χ2n) is 12.3. The molecule has 0 bridgehead atoms. The monoisotopic (exact) mass is 1010 g/mol. The zero-order valence-electron chi connectivity index (χ0n) is 32.5. The summed E-state index contributed by atoms with van der Waals surface area (Å²) in [5.41, 5.74) is 1.63. The van der Waals surface area contributed by atoms with Crippen LogP contribution in [0.1, 0.15) is 41.4 Å². The first-order chi connectivity index (χ1) is 29.3. The Labute approximate surface area is 364 Å². The van der Waals surface area contributed by atoms with E-state index in [9.17, 15) is 19.2 Å². The third kappa shape index (κ3) is 12.3. The summed E-state index contributed by atoms with van der Waals surface area (Å²) < 4.78 is 27.5. The molecule has 0 saturated heterocycles. The first-order valence-electron chi connectivity index (χ1n) is 18.3. The van der Waals surface area contributed by atoms with E-state index in [4.69, 9.17) is 18.9 Å². The van der Waals surface area contributed by atoms with Gasteiger partial charge in [0.15, 0.2) is 0 Å². The summed E-state index contributed by atoms with van der Waals surface area (Å²) in [5, 5.41) is 0. The van der Waals surface area contributed by atoms with Gasteiger partial charge in [-0.1, -0.05) is 0 Å². The zero-order chi connectivity index (χ0) is 42.7. The molecule has 0 aliphatic heterocycles. The second kappa shape index (κ2) is 23.2. The molecule has 0 amide bonds. The molecule has 0 heterocycles. The van der Waals surface area contributed by atoms with Crippen LogP contribution in [0.5, 0.6) is 0 Å². The van der Waals surface area contributed by atoms with Crippen LogP contribution in [0.25, 0.3) is 0 Å². The molecule has 0 N–H and O–H groups in total. The fraction of sp³-hybridized carbons (Fsp3) is 0. The molecule has 0 spiro atoms. The minimum atomic E-state index is -2.80. The molecule has 298 valence electrons. The average Bonchev–Trinajstić information content (AvgIpc) is 3.28. The quantitative estimate of drug-likeness (QED) is 0.0339. The SMILES string of the molecule is C=CC=COC(=O)c1cc[c]([Sb]([c]2ccc(C(=O)OC=CC=C)cc2)[c]2cc[c]([Sb]([c]3ccc(C(=O)OC=CC=C)cc3)[c]3ccc(C(=O)OC=CC=C)cc3)cc2)cc1. The van der Waals surface area contributed by atoms with Gasteiger partial charge in [0, 0.05) is 0 Å². The molecule has 8 nitrogen and oxygen atoms in total. The Morgan fingerprint density at radius 1 is 0.317 bits per heavy atom. The van der Waals surface area contributed by atoms with E-state index in [2.05, 4.69) is 50.6 Å². The van der Waals surface area contributed by atoms with Crippen LogP contribution >= 0.6 is 0 Å². The maximum absolute atomic E-state index is 12.7. The summed E-state index contributed by atoms with van der Waals surface area (Å²) in [6.07, 6.45) is 17.4. The van der Waals surface area contributed by atoms with Gasteiger partial charge in [0.25, 0.3) is 0 Å². The predicted molar refractivity (Wildman–Crippen MR) is 241 cm³/mol. The van der Waals surface area contributed by atoms with E-state index in [1.165, 1.54) is 73.7 Å². The number of carbonyl (C=O) groups excluding carboxylic acids is 4.